The second-order valence-electron chi connectivity index (χ2n) is 7.01. The van der Waals surface area contributed by atoms with E-state index in [1.54, 1.807) is 0 Å². The van der Waals surface area contributed by atoms with Crippen molar-refractivity contribution in [2.24, 2.45) is 0 Å². The van der Waals surface area contributed by atoms with E-state index in [4.69, 9.17) is 4.74 Å². The molecule has 152 valence electrons. The van der Waals surface area contributed by atoms with E-state index in [9.17, 15) is 13.2 Å². The van der Waals surface area contributed by atoms with Crippen molar-refractivity contribution in [3.05, 3.63) is 29.8 Å². The lowest BCUT2D eigenvalue weighted by molar-refractivity contribution is 0.0947. The summed E-state index contributed by atoms with van der Waals surface area (Å²) in [7, 11) is -1.57. The van der Waals surface area contributed by atoms with E-state index < -0.39 is 10.0 Å². The lowest BCUT2D eigenvalue weighted by Crippen LogP contribution is -2.37. The molecule has 0 aromatic heterocycles. The topological polar surface area (TPSA) is 87.7 Å². The maximum Gasteiger partial charge on any atom is 0.251 e. The van der Waals surface area contributed by atoms with Crippen molar-refractivity contribution in [2.75, 3.05) is 33.3 Å². The Balaban J connectivity index is 1.85. The fraction of sp³-hybridized carbons (Fsp3) is 0.632. The van der Waals surface area contributed by atoms with Gasteiger partial charge in [-0.1, -0.05) is 6.92 Å². The van der Waals surface area contributed by atoms with Gasteiger partial charge in [-0.15, -0.1) is 0 Å². The van der Waals surface area contributed by atoms with Crippen molar-refractivity contribution in [3.8, 4) is 0 Å². The molecular weight excluding hydrogens is 366 g/mol. The van der Waals surface area contributed by atoms with Crippen molar-refractivity contribution in [3.63, 3.8) is 0 Å². The summed E-state index contributed by atoms with van der Waals surface area (Å²) in [6.45, 7) is 6.54. The highest BCUT2D eigenvalue weighted by molar-refractivity contribution is 7.89. The van der Waals surface area contributed by atoms with Gasteiger partial charge in [-0.25, -0.2) is 13.1 Å². The molecule has 1 heterocycles. The molecule has 2 atom stereocenters. The quantitative estimate of drug-likeness (QED) is 0.626. The Morgan fingerprint density at radius 3 is 2.63 bits per heavy atom. The number of hydrogen-bond acceptors (Lipinski definition) is 5. The van der Waals surface area contributed by atoms with Crippen molar-refractivity contribution < 1.29 is 17.9 Å². The van der Waals surface area contributed by atoms with Crippen LogP contribution in [-0.4, -0.2) is 64.7 Å². The third kappa shape index (κ3) is 6.57. The predicted molar refractivity (Wildman–Crippen MR) is 105 cm³/mol. The van der Waals surface area contributed by atoms with Gasteiger partial charge < -0.3 is 15.0 Å². The summed E-state index contributed by atoms with van der Waals surface area (Å²) >= 11 is 0. The molecule has 0 spiro atoms. The van der Waals surface area contributed by atoms with E-state index in [0.29, 0.717) is 24.8 Å². The highest BCUT2D eigenvalue weighted by Gasteiger charge is 2.20. The average molecular weight is 398 g/mol. The van der Waals surface area contributed by atoms with Crippen LogP contribution in [0.5, 0.6) is 0 Å². The fourth-order valence-electron chi connectivity index (χ4n) is 2.86. The number of carbonyl (C=O) groups excluding carboxylic acids is 1. The van der Waals surface area contributed by atoms with Gasteiger partial charge in [-0.3, -0.25) is 4.79 Å². The molecule has 1 aromatic carbocycles. The van der Waals surface area contributed by atoms with Crippen LogP contribution in [0.25, 0.3) is 0 Å². The summed E-state index contributed by atoms with van der Waals surface area (Å²) in [4.78, 5) is 14.6. The Kier molecular flexibility index (Phi) is 8.22. The van der Waals surface area contributed by atoms with E-state index in [-0.39, 0.29) is 23.5 Å². The molecule has 8 heteroatoms. The SMILES string of the molecule is CCC(C)N(C)CCNC(=O)c1ccc(S(=O)(=O)NCC2CCCO2)cc1. The third-order valence-electron chi connectivity index (χ3n) is 5.05. The Morgan fingerprint density at radius 1 is 1.33 bits per heavy atom. The number of rotatable bonds is 10. The van der Waals surface area contributed by atoms with E-state index in [2.05, 4.69) is 28.8 Å². The second kappa shape index (κ2) is 10.2. The normalized spacial score (nSPS) is 18.6. The van der Waals surface area contributed by atoms with Gasteiger partial charge in [0.15, 0.2) is 0 Å². The number of benzene rings is 1. The maximum absolute atomic E-state index is 12.3. The van der Waals surface area contributed by atoms with Crippen molar-refractivity contribution in [1.82, 2.24) is 14.9 Å². The molecule has 0 radical (unpaired) electrons. The Bertz CT molecular complexity index is 700. The summed E-state index contributed by atoms with van der Waals surface area (Å²) in [5, 5.41) is 2.87. The number of likely N-dealkylation sites (N-methyl/N-ethyl adjacent to an activating group) is 1. The molecule has 1 aromatic rings. The van der Waals surface area contributed by atoms with Gasteiger partial charge in [0.05, 0.1) is 11.0 Å². The van der Waals surface area contributed by atoms with E-state index in [1.807, 2.05) is 7.05 Å². The number of carbonyl (C=O) groups is 1. The van der Waals surface area contributed by atoms with Crippen molar-refractivity contribution in [2.45, 2.75) is 50.2 Å². The molecule has 0 saturated carbocycles. The molecule has 2 unspecified atom stereocenters. The minimum atomic E-state index is -3.60. The van der Waals surface area contributed by atoms with Gasteiger partial charge in [0.25, 0.3) is 5.91 Å². The maximum atomic E-state index is 12.3. The Labute approximate surface area is 162 Å². The van der Waals surface area contributed by atoms with Gasteiger partial charge in [-0.05, 0) is 57.5 Å². The van der Waals surface area contributed by atoms with Crippen LogP contribution in [0, 0.1) is 0 Å². The van der Waals surface area contributed by atoms with Crippen LogP contribution < -0.4 is 10.0 Å². The summed E-state index contributed by atoms with van der Waals surface area (Å²) in [6.07, 6.45) is 2.83. The molecule has 1 aliphatic rings. The van der Waals surface area contributed by atoms with Crippen LogP contribution in [0.2, 0.25) is 0 Å². The minimum Gasteiger partial charge on any atom is -0.377 e. The molecule has 0 bridgehead atoms. The molecule has 2 rings (SSSR count). The lowest BCUT2D eigenvalue weighted by atomic mass is 10.2. The van der Waals surface area contributed by atoms with Gasteiger partial charge in [0.2, 0.25) is 10.0 Å². The summed E-state index contributed by atoms with van der Waals surface area (Å²) in [6, 6.07) is 6.45. The first kappa shape index (κ1) is 21.8. The first-order valence-corrected chi connectivity index (χ1v) is 11.0. The molecule has 0 aliphatic carbocycles. The van der Waals surface area contributed by atoms with E-state index >= 15 is 0 Å². The average Bonchev–Trinajstić information content (AvgIpc) is 3.19. The van der Waals surface area contributed by atoms with Gasteiger partial charge in [0.1, 0.15) is 0 Å². The monoisotopic (exact) mass is 397 g/mol. The number of amides is 1. The molecule has 7 nitrogen and oxygen atoms in total. The highest BCUT2D eigenvalue weighted by atomic mass is 32.2. The van der Waals surface area contributed by atoms with Crippen LogP contribution in [0.3, 0.4) is 0 Å². The first-order valence-electron chi connectivity index (χ1n) is 9.53. The second-order valence-corrected chi connectivity index (χ2v) is 8.77. The number of hydrogen-bond donors (Lipinski definition) is 2. The van der Waals surface area contributed by atoms with E-state index in [0.717, 1.165) is 25.8 Å². The van der Waals surface area contributed by atoms with Gasteiger partial charge in [-0.2, -0.15) is 0 Å². The van der Waals surface area contributed by atoms with Crippen LogP contribution in [-0.2, 0) is 14.8 Å². The fourth-order valence-corrected chi connectivity index (χ4v) is 3.92. The molecular formula is C19H31N3O4S. The van der Waals surface area contributed by atoms with Crippen LogP contribution in [0.1, 0.15) is 43.5 Å². The lowest BCUT2D eigenvalue weighted by Gasteiger charge is -2.23. The molecule has 27 heavy (non-hydrogen) atoms. The highest BCUT2D eigenvalue weighted by Crippen LogP contribution is 2.14. The van der Waals surface area contributed by atoms with Crippen molar-refractivity contribution in [1.29, 1.82) is 0 Å². The molecule has 1 amide bonds. The number of ether oxygens (including phenoxy) is 1. The summed E-state index contributed by atoms with van der Waals surface area (Å²) < 4.78 is 32.7. The molecule has 1 aliphatic heterocycles. The van der Waals surface area contributed by atoms with Crippen LogP contribution >= 0.6 is 0 Å². The Hall–Kier alpha value is -1.48. The first-order chi connectivity index (χ1) is 12.8. The zero-order valence-corrected chi connectivity index (χ0v) is 17.2. The summed E-state index contributed by atoms with van der Waals surface area (Å²) in [5.74, 6) is -0.205. The minimum absolute atomic E-state index is 0.0571. The van der Waals surface area contributed by atoms with Gasteiger partial charge in [0, 0.05) is 37.8 Å². The zero-order valence-electron chi connectivity index (χ0n) is 16.4. The molecule has 1 fully saturated rings. The molecule has 2 N–H and O–H groups in total. The number of nitrogens with zero attached hydrogens (tertiary/aromatic N) is 1. The van der Waals surface area contributed by atoms with E-state index in [1.165, 1.54) is 24.3 Å². The van der Waals surface area contributed by atoms with Crippen LogP contribution in [0.4, 0.5) is 0 Å². The predicted octanol–water partition coefficient (Wildman–Crippen LogP) is 1.60. The number of nitrogens with one attached hydrogen (secondary N) is 2. The smallest absolute Gasteiger partial charge is 0.251 e. The van der Waals surface area contributed by atoms with Crippen LogP contribution in [0.15, 0.2) is 29.2 Å². The van der Waals surface area contributed by atoms with Gasteiger partial charge >= 0.3 is 0 Å². The Morgan fingerprint density at radius 2 is 2.04 bits per heavy atom. The summed E-state index contributed by atoms with van der Waals surface area (Å²) in [5.41, 5.74) is 0.444. The standard InChI is InChI=1S/C19H31N3O4S/c1-4-15(2)22(3)12-11-20-19(23)16-7-9-18(10-8-16)27(24,25)21-14-17-6-5-13-26-17/h7-10,15,17,21H,4-6,11-14H2,1-3H3,(H,20,23). The number of sulfonamides is 1. The largest absolute Gasteiger partial charge is 0.377 e. The molecule has 1 saturated heterocycles. The third-order valence-corrected chi connectivity index (χ3v) is 6.48. The zero-order chi connectivity index (χ0) is 19.9. The van der Waals surface area contributed by atoms with Crippen molar-refractivity contribution >= 4 is 15.9 Å².